The van der Waals surface area contributed by atoms with Crippen LogP contribution < -0.4 is 0 Å². The largest absolute Gasteiger partial charge is 0.0843 e. The second-order valence-corrected chi connectivity index (χ2v) is 22.3. The Balaban J connectivity index is 0.000000145. The summed E-state index contributed by atoms with van der Waals surface area (Å²) in [5, 5.41) is 4.15. The zero-order chi connectivity index (χ0) is 44.3. The lowest BCUT2D eigenvalue weighted by atomic mass is 9.66. The Morgan fingerprint density at radius 1 is 0.295 bits per heavy atom. The molecule has 4 aliphatic carbocycles. The van der Waals surface area contributed by atoms with E-state index in [0.717, 1.165) is 25.1 Å². The molecule has 0 nitrogen and oxygen atoms in total. The number of rotatable bonds is 4. The topological polar surface area (TPSA) is 0 Å². The lowest BCUT2D eigenvalue weighted by Crippen LogP contribution is -2.30. The minimum Gasteiger partial charge on any atom is -0.0843 e. The Hall–Kier alpha value is -2.45. The normalized spacial score (nSPS) is 18.8. The number of halogens is 5. The highest BCUT2D eigenvalue weighted by molar-refractivity contribution is 6.31. The molecule has 0 heterocycles. The van der Waals surface area contributed by atoms with Crippen LogP contribution in [-0.4, -0.2) is 0 Å². The molecule has 5 heteroatoms. The molecule has 5 aromatic carbocycles. The first-order valence-corrected chi connectivity index (χ1v) is 24.5. The van der Waals surface area contributed by atoms with Gasteiger partial charge in [0, 0.05) is 25.1 Å². The summed E-state index contributed by atoms with van der Waals surface area (Å²) in [6.45, 7) is 16.0. The maximum atomic E-state index is 5.90. The van der Waals surface area contributed by atoms with Crippen LogP contribution in [0, 0.1) is 0 Å². The summed E-state index contributed by atoms with van der Waals surface area (Å²) in [5.41, 5.74) is 9.09. The van der Waals surface area contributed by atoms with Crippen molar-refractivity contribution in [3.8, 4) is 0 Å². The van der Waals surface area contributed by atoms with Crippen LogP contribution in [-0.2, 0) is 27.1 Å². The summed E-state index contributed by atoms with van der Waals surface area (Å²) < 4.78 is 0. The molecule has 0 radical (unpaired) electrons. The zero-order valence-corrected chi connectivity index (χ0v) is 41.6. The van der Waals surface area contributed by atoms with Gasteiger partial charge in [-0.05, 0) is 167 Å². The van der Waals surface area contributed by atoms with E-state index in [-0.39, 0.29) is 5.41 Å². The van der Waals surface area contributed by atoms with E-state index in [0.29, 0.717) is 21.7 Å². The quantitative estimate of drug-likeness (QED) is 0.169. The van der Waals surface area contributed by atoms with Gasteiger partial charge in [0.2, 0.25) is 0 Å². The van der Waals surface area contributed by atoms with Crippen molar-refractivity contribution in [2.24, 2.45) is 0 Å². The van der Waals surface area contributed by atoms with E-state index in [4.69, 9.17) is 58.0 Å². The molecule has 4 aliphatic rings. The first kappa shape index (κ1) is 49.6. The third-order valence-electron chi connectivity index (χ3n) is 14.0. The van der Waals surface area contributed by atoms with Crippen LogP contribution in [0.3, 0.4) is 0 Å². The van der Waals surface area contributed by atoms with Gasteiger partial charge in [-0.3, -0.25) is 0 Å². The van der Waals surface area contributed by atoms with Crippen molar-refractivity contribution in [1.29, 1.82) is 0 Å². The predicted octanol–water partition coefficient (Wildman–Crippen LogP) is 19.5. The maximum Gasteiger partial charge on any atom is 0.0406 e. The minimum absolute atomic E-state index is 0.227. The third-order valence-corrected chi connectivity index (χ3v) is 15.3. The van der Waals surface area contributed by atoms with Crippen molar-refractivity contribution >= 4 is 58.0 Å². The molecule has 0 N–H and O–H groups in total. The van der Waals surface area contributed by atoms with Crippen LogP contribution in [0.15, 0.2) is 121 Å². The van der Waals surface area contributed by atoms with Gasteiger partial charge in [-0.15, -0.1) is 0 Å². The van der Waals surface area contributed by atoms with Crippen LogP contribution in [0.1, 0.15) is 166 Å². The molecule has 5 aromatic rings. The SMILES string of the molecule is CC(C)(C)c1ccc(Cl)cc1.CC1(c2ccc(Cl)cc2)CC1.CC1(c2ccc(Cl)cc2)CCC1.CC1(c2ccc(Cl)cc2)CCCC1.CC1(c2ccc(Cl)cc2)CCCCC1. The molecule has 61 heavy (non-hydrogen) atoms. The molecule has 0 aromatic heterocycles. The van der Waals surface area contributed by atoms with Gasteiger partial charge in [0.15, 0.2) is 0 Å². The van der Waals surface area contributed by atoms with E-state index in [1.54, 1.807) is 0 Å². The van der Waals surface area contributed by atoms with E-state index in [9.17, 15) is 0 Å². The molecule has 4 saturated carbocycles. The Morgan fingerprint density at radius 3 is 0.721 bits per heavy atom. The molecule has 0 spiro atoms. The zero-order valence-electron chi connectivity index (χ0n) is 37.8. The first-order chi connectivity index (χ1) is 28.8. The van der Waals surface area contributed by atoms with E-state index >= 15 is 0 Å². The van der Waals surface area contributed by atoms with Crippen molar-refractivity contribution in [3.63, 3.8) is 0 Å². The predicted molar refractivity (Wildman–Crippen MR) is 270 cm³/mol. The van der Waals surface area contributed by atoms with Crippen molar-refractivity contribution < 1.29 is 0 Å². The highest BCUT2D eigenvalue weighted by Crippen LogP contribution is 2.48. The standard InChI is InChI=1S/C13H17Cl.C12H15Cl.C11H13Cl.C10H11Cl.C10H13Cl/c1-13(9-3-2-4-10-13)11-5-7-12(14)8-6-11;1-12(8-2-3-9-12)10-4-6-11(13)7-5-10;1-11(7-2-8-11)9-3-5-10(12)6-4-9;1-10(6-7-10)8-2-4-9(11)5-3-8;1-10(2,3)8-4-6-9(11)7-5-8/h5-8H,2-4,9-10H2,1H3;4-7H,2-3,8-9H2,1H3;3-6H,2,7-8H2,1H3;2-5H,6-7H2,1H3;4-7H,1-3H3. The fraction of sp³-hybridized carbons (Fsp3) is 0.464. The highest BCUT2D eigenvalue weighted by Gasteiger charge is 2.38. The Kier molecular flexibility index (Phi) is 17.8. The van der Waals surface area contributed by atoms with Crippen molar-refractivity contribution in [3.05, 3.63) is 174 Å². The van der Waals surface area contributed by atoms with Crippen molar-refractivity contribution in [2.45, 2.75) is 165 Å². The Labute approximate surface area is 395 Å². The minimum atomic E-state index is 0.227. The van der Waals surface area contributed by atoms with Gasteiger partial charge in [0.05, 0.1) is 0 Å². The van der Waals surface area contributed by atoms with E-state index in [2.05, 4.69) is 109 Å². The van der Waals surface area contributed by atoms with Crippen LogP contribution in [0.2, 0.25) is 25.1 Å². The van der Waals surface area contributed by atoms with Crippen LogP contribution in [0.5, 0.6) is 0 Å². The molecule has 328 valence electrons. The summed E-state index contributed by atoms with van der Waals surface area (Å²) in [4.78, 5) is 0. The Morgan fingerprint density at radius 2 is 0.508 bits per heavy atom. The van der Waals surface area contributed by atoms with Gasteiger partial charge in [-0.25, -0.2) is 0 Å². The molecule has 0 saturated heterocycles. The molecule has 0 unspecified atom stereocenters. The van der Waals surface area contributed by atoms with Gasteiger partial charge in [0.25, 0.3) is 0 Å². The van der Waals surface area contributed by atoms with Crippen LogP contribution >= 0.6 is 58.0 Å². The summed E-state index contributed by atoms with van der Waals surface area (Å²) >= 11 is 29.1. The van der Waals surface area contributed by atoms with Gasteiger partial charge < -0.3 is 0 Å². The fourth-order valence-corrected chi connectivity index (χ4v) is 9.53. The monoisotopic (exact) mass is 916 g/mol. The van der Waals surface area contributed by atoms with E-state index < -0.39 is 0 Å². The van der Waals surface area contributed by atoms with E-state index in [1.165, 1.54) is 118 Å². The summed E-state index contributed by atoms with van der Waals surface area (Å²) in [7, 11) is 0. The molecule has 4 fully saturated rings. The molecule has 9 rings (SSSR count). The van der Waals surface area contributed by atoms with E-state index in [1.807, 2.05) is 60.7 Å². The molecule has 0 aliphatic heterocycles. The van der Waals surface area contributed by atoms with Crippen LogP contribution in [0.25, 0.3) is 0 Å². The lowest BCUT2D eigenvalue weighted by Gasteiger charge is -2.39. The van der Waals surface area contributed by atoms with Gasteiger partial charge >= 0.3 is 0 Å². The highest BCUT2D eigenvalue weighted by atomic mass is 35.5. The van der Waals surface area contributed by atoms with Crippen LogP contribution in [0.4, 0.5) is 0 Å². The maximum absolute atomic E-state index is 5.90. The molecular formula is C56H69Cl5. The average molecular weight is 919 g/mol. The Bertz CT molecular complexity index is 1990. The third kappa shape index (κ3) is 14.8. The number of hydrogen-bond donors (Lipinski definition) is 0. The van der Waals surface area contributed by atoms with Gasteiger partial charge in [0.1, 0.15) is 0 Å². The second-order valence-electron chi connectivity index (χ2n) is 20.1. The summed E-state index contributed by atoms with van der Waals surface area (Å²) in [6.07, 6.45) is 18.9. The van der Waals surface area contributed by atoms with Gasteiger partial charge in [-0.2, -0.15) is 0 Å². The molecule has 0 amide bonds. The van der Waals surface area contributed by atoms with Crippen molar-refractivity contribution in [1.82, 2.24) is 0 Å². The fourth-order valence-electron chi connectivity index (χ4n) is 8.90. The van der Waals surface area contributed by atoms with Gasteiger partial charge in [-0.1, -0.05) is 206 Å². The lowest BCUT2D eigenvalue weighted by molar-refractivity contribution is 0.272. The molecule has 0 atom stereocenters. The molecular weight excluding hydrogens is 850 g/mol. The average Bonchev–Trinajstić information content (AvgIpc) is 3.82. The number of benzene rings is 5. The number of hydrogen-bond acceptors (Lipinski definition) is 0. The second kappa shape index (κ2) is 22.0. The molecule has 0 bridgehead atoms. The summed E-state index contributed by atoms with van der Waals surface area (Å²) in [6, 6.07) is 41.3. The smallest absolute Gasteiger partial charge is 0.0406 e. The first-order valence-electron chi connectivity index (χ1n) is 22.6. The van der Waals surface area contributed by atoms with Crippen molar-refractivity contribution in [2.75, 3.05) is 0 Å². The summed E-state index contributed by atoms with van der Waals surface area (Å²) in [5.74, 6) is 0.